The number of halogens is 2. The summed E-state index contributed by atoms with van der Waals surface area (Å²) in [5.41, 5.74) is -0.284. The van der Waals surface area contributed by atoms with Gasteiger partial charge in [0.2, 0.25) is 5.91 Å². The fraction of sp³-hybridized carbons (Fsp3) is 0.923. The van der Waals surface area contributed by atoms with Crippen molar-refractivity contribution >= 4 is 37.8 Å². The molecule has 0 saturated heterocycles. The minimum absolute atomic E-state index is 0.180. The summed E-state index contributed by atoms with van der Waals surface area (Å²) in [6.45, 7) is 6.57. The van der Waals surface area contributed by atoms with E-state index in [4.69, 9.17) is 0 Å². The van der Waals surface area contributed by atoms with E-state index in [1.54, 1.807) is 0 Å². The highest BCUT2D eigenvalue weighted by Crippen LogP contribution is 2.66. The summed E-state index contributed by atoms with van der Waals surface area (Å²) in [4.78, 5) is 12.3. The minimum atomic E-state index is -0.284. The number of hydrogen-bond donors (Lipinski definition) is 1. The molecule has 98 valence electrons. The molecule has 2 fully saturated rings. The lowest BCUT2D eigenvalue weighted by Gasteiger charge is -2.35. The summed E-state index contributed by atoms with van der Waals surface area (Å²) in [5, 5.41) is 3.26. The zero-order valence-corrected chi connectivity index (χ0v) is 13.9. The van der Waals surface area contributed by atoms with Gasteiger partial charge in [-0.15, -0.1) is 0 Å². The molecule has 0 heterocycles. The van der Waals surface area contributed by atoms with Gasteiger partial charge in [-0.1, -0.05) is 58.5 Å². The van der Waals surface area contributed by atoms with Crippen LogP contribution < -0.4 is 5.32 Å². The molecular weight excluding hydrogens is 346 g/mol. The van der Waals surface area contributed by atoms with Crippen LogP contribution in [0, 0.1) is 17.3 Å². The maximum absolute atomic E-state index is 12.3. The predicted octanol–water partition coefficient (Wildman–Crippen LogP) is 3.82. The van der Waals surface area contributed by atoms with Gasteiger partial charge in [-0.05, 0) is 31.6 Å². The Bertz CT molecular complexity index is 331. The average molecular weight is 367 g/mol. The highest BCUT2D eigenvalue weighted by molar-refractivity contribution is 9.25. The van der Waals surface area contributed by atoms with E-state index in [1.807, 2.05) is 6.92 Å². The fourth-order valence-electron chi connectivity index (χ4n) is 2.76. The summed E-state index contributed by atoms with van der Waals surface area (Å²) in [6.07, 6.45) is 4.53. The molecule has 2 aliphatic rings. The van der Waals surface area contributed by atoms with E-state index < -0.39 is 0 Å². The SMILES string of the molecule is C[C@@H]1[C@H](C)CCC[C@@H]1NC(=O)[C@@]1(C)CC1(Br)Br. The number of rotatable bonds is 2. The number of amides is 1. The van der Waals surface area contributed by atoms with Gasteiger partial charge in [0, 0.05) is 6.04 Å². The monoisotopic (exact) mass is 365 g/mol. The lowest BCUT2D eigenvalue weighted by Crippen LogP contribution is -2.46. The van der Waals surface area contributed by atoms with Crippen LogP contribution in [-0.4, -0.2) is 15.2 Å². The van der Waals surface area contributed by atoms with Crippen LogP contribution in [0.5, 0.6) is 0 Å². The topological polar surface area (TPSA) is 29.1 Å². The lowest BCUT2D eigenvalue weighted by molar-refractivity contribution is -0.127. The Kier molecular flexibility index (Phi) is 3.68. The first kappa shape index (κ1) is 13.9. The van der Waals surface area contributed by atoms with Crippen LogP contribution >= 0.6 is 31.9 Å². The Morgan fingerprint density at radius 3 is 2.41 bits per heavy atom. The molecule has 0 aliphatic heterocycles. The van der Waals surface area contributed by atoms with Gasteiger partial charge in [-0.25, -0.2) is 0 Å². The molecule has 1 N–H and O–H groups in total. The van der Waals surface area contributed by atoms with Gasteiger partial charge in [0.25, 0.3) is 0 Å². The van der Waals surface area contributed by atoms with Gasteiger partial charge in [0.15, 0.2) is 0 Å². The number of hydrogen-bond acceptors (Lipinski definition) is 1. The first-order chi connectivity index (χ1) is 7.78. The lowest BCUT2D eigenvalue weighted by atomic mass is 9.78. The summed E-state index contributed by atoms with van der Waals surface area (Å²) >= 11 is 7.11. The first-order valence-electron chi connectivity index (χ1n) is 6.47. The van der Waals surface area contributed by atoms with E-state index >= 15 is 0 Å². The van der Waals surface area contributed by atoms with Gasteiger partial charge in [0.1, 0.15) is 0 Å². The van der Waals surface area contributed by atoms with E-state index in [9.17, 15) is 4.79 Å². The molecule has 2 nitrogen and oxygen atoms in total. The molecule has 4 heteroatoms. The van der Waals surface area contributed by atoms with Crippen molar-refractivity contribution in [3.63, 3.8) is 0 Å². The van der Waals surface area contributed by atoms with Crippen molar-refractivity contribution in [3.05, 3.63) is 0 Å². The van der Waals surface area contributed by atoms with Crippen molar-refractivity contribution in [2.24, 2.45) is 17.3 Å². The maximum atomic E-state index is 12.3. The Morgan fingerprint density at radius 2 is 1.88 bits per heavy atom. The molecule has 0 spiro atoms. The van der Waals surface area contributed by atoms with Gasteiger partial charge >= 0.3 is 0 Å². The van der Waals surface area contributed by atoms with Crippen LogP contribution in [0.25, 0.3) is 0 Å². The fourth-order valence-corrected chi connectivity index (χ4v) is 4.24. The third kappa shape index (κ3) is 2.44. The Labute approximate surface area is 121 Å². The van der Waals surface area contributed by atoms with Crippen LogP contribution in [0.4, 0.5) is 0 Å². The van der Waals surface area contributed by atoms with Gasteiger partial charge in [-0.2, -0.15) is 0 Å². The van der Waals surface area contributed by atoms with Gasteiger partial charge in [0.05, 0.1) is 8.65 Å². The molecule has 2 saturated carbocycles. The van der Waals surface area contributed by atoms with Crippen LogP contribution in [-0.2, 0) is 4.79 Å². The molecular formula is C13H21Br2NO. The minimum Gasteiger partial charge on any atom is -0.353 e. The van der Waals surface area contributed by atoms with Crippen molar-refractivity contribution in [1.29, 1.82) is 0 Å². The largest absolute Gasteiger partial charge is 0.353 e. The Balaban J connectivity index is 1.95. The number of nitrogens with one attached hydrogen (secondary N) is 1. The first-order valence-corrected chi connectivity index (χ1v) is 8.05. The number of carbonyl (C=O) groups excluding carboxylic acids is 1. The van der Waals surface area contributed by atoms with Gasteiger partial charge in [-0.3, -0.25) is 4.79 Å². The molecule has 2 rings (SSSR count). The van der Waals surface area contributed by atoms with Crippen LogP contribution in [0.2, 0.25) is 0 Å². The maximum Gasteiger partial charge on any atom is 0.228 e. The van der Waals surface area contributed by atoms with E-state index in [0.29, 0.717) is 12.0 Å². The molecule has 0 aromatic rings. The van der Waals surface area contributed by atoms with Crippen molar-refractivity contribution in [1.82, 2.24) is 5.32 Å². The zero-order valence-electron chi connectivity index (χ0n) is 10.7. The molecule has 0 unspecified atom stereocenters. The van der Waals surface area contributed by atoms with Crippen LogP contribution in [0.1, 0.15) is 46.5 Å². The van der Waals surface area contributed by atoms with Crippen LogP contribution in [0.15, 0.2) is 0 Å². The summed E-state index contributed by atoms with van der Waals surface area (Å²) in [7, 11) is 0. The van der Waals surface area contributed by atoms with Gasteiger partial charge < -0.3 is 5.32 Å². The summed E-state index contributed by atoms with van der Waals surface area (Å²) in [5.74, 6) is 1.51. The molecule has 0 radical (unpaired) electrons. The van der Waals surface area contributed by atoms with Crippen molar-refractivity contribution in [2.75, 3.05) is 0 Å². The highest BCUT2D eigenvalue weighted by atomic mass is 79.9. The summed E-state index contributed by atoms with van der Waals surface area (Å²) in [6, 6.07) is 0.361. The molecule has 17 heavy (non-hydrogen) atoms. The second kappa shape index (κ2) is 4.52. The molecule has 1 amide bonds. The Hall–Kier alpha value is 0.430. The molecule has 0 aromatic carbocycles. The van der Waals surface area contributed by atoms with E-state index in [0.717, 1.165) is 18.8 Å². The quantitative estimate of drug-likeness (QED) is 0.739. The molecule has 4 atom stereocenters. The Morgan fingerprint density at radius 1 is 1.29 bits per heavy atom. The molecule has 0 aromatic heterocycles. The van der Waals surface area contributed by atoms with E-state index in [-0.39, 0.29) is 14.6 Å². The third-order valence-electron chi connectivity index (χ3n) is 4.78. The molecule has 0 bridgehead atoms. The average Bonchev–Trinajstić information content (AvgIpc) is 2.75. The van der Waals surface area contributed by atoms with Crippen molar-refractivity contribution < 1.29 is 4.79 Å². The van der Waals surface area contributed by atoms with Crippen molar-refractivity contribution in [3.8, 4) is 0 Å². The predicted molar refractivity (Wildman–Crippen MR) is 77.4 cm³/mol. The zero-order chi connectivity index (χ0) is 12.8. The van der Waals surface area contributed by atoms with Crippen molar-refractivity contribution in [2.45, 2.75) is 55.7 Å². The highest BCUT2D eigenvalue weighted by Gasteiger charge is 2.66. The molecule has 2 aliphatic carbocycles. The van der Waals surface area contributed by atoms with E-state index in [1.165, 1.54) is 12.8 Å². The smallest absolute Gasteiger partial charge is 0.228 e. The normalized spacial score (nSPS) is 44.2. The van der Waals surface area contributed by atoms with E-state index in [2.05, 4.69) is 51.0 Å². The third-order valence-corrected chi connectivity index (χ3v) is 7.09. The number of carbonyl (C=O) groups is 1. The summed E-state index contributed by atoms with van der Waals surface area (Å²) < 4.78 is -0.180. The van der Waals surface area contributed by atoms with Crippen LogP contribution in [0.3, 0.4) is 0 Å². The second-order valence-electron chi connectivity index (χ2n) is 6.06. The second-order valence-corrected chi connectivity index (χ2v) is 9.83. The number of alkyl halides is 2. The standard InChI is InChI=1S/C13H21Br2NO/c1-8-5-4-6-10(9(8)2)16-11(17)12(3)7-13(12,14)15/h8-10H,4-7H2,1-3H3,(H,16,17)/t8-,9-,10+,12-/m1/s1.